The van der Waals surface area contributed by atoms with Crippen molar-refractivity contribution in [2.24, 2.45) is 5.73 Å². The number of benzene rings is 4. The van der Waals surface area contributed by atoms with Crippen LogP contribution in [0.25, 0.3) is 32.9 Å². The molecule has 7 heteroatoms. The first-order valence-electron chi connectivity index (χ1n) is 11.0. The summed E-state index contributed by atoms with van der Waals surface area (Å²) in [5, 5.41) is 11.2. The van der Waals surface area contributed by atoms with E-state index < -0.39 is 18.5 Å². The van der Waals surface area contributed by atoms with Gasteiger partial charge in [-0.2, -0.15) is 0 Å². The number of aliphatic carboxylic acids is 1. The fourth-order valence-corrected chi connectivity index (χ4v) is 4.68. The van der Waals surface area contributed by atoms with Gasteiger partial charge in [0.25, 0.3) is 0 Å². The number of carboxylic acid groups (broad SMARTS) is 1. The number of fused-ring (bicyclic) bond motifs is 3. The molecular weight excluding hydrogens is 464 g/mol. The Morgan fingerprint density at radius 3 is 2.34 bits per heavy atom. The molecule has 0 unspecified atom stereocenters. The summed E-state index contributed by atoms with van der Waals surface area (Å²) in [4.78, 5) is 23.8. The number of hydrogen-bond donors (Lipinski definition) is 2. The van der Waals surface area contributed by atoms with Gasteiger partial charge in [-0.1, -0.05) is 60.1 Å². The Bertz CT molecular complexity index is 1590. The van der Waals surface area contributed by atoms with Gasteiger partial charge in [0.05, 0.1) is 16.4 Å². The van der Waals surface area contributed by atoms with Crippen LogP contribution in [-0.4, -0.2) is 28.2 Å². The van der Waals surface area contributed by atoms with E-state index in [0.717, 1.165) is 27.7 Å². The van der Waals surface area contributed by atoms with Crippen molar-refractivity contribution in [2.75, 3.05) is 6.61 Å². The van der Waals surface area contributed by atoms with Crippen molar-refractivity contribution in [1.29, 1.82) is 0 Å². The van der Waals surface area contributed by atoms with Crippen LogP contribution in [0, 0.1) is 0 Å². The first-order chi connectivity index (χ1) is 16.9. The first-order valence-corrected chi connectivity index (χ1v) is 11.3. The van der Waals surface area contributed by atoms with E-state index in [2.05, 4.69) is 4.57 Å². The largest absolute Gasteiger partial charge is 0.481 e. The molecule has 174 valence electrons. The van der Waals surface area contributed by atoms with Gasteiger partial charge in [0.15, 0.2) is 6.61 Å². The fraction of sp³-hybridized carbons (Fsp3) is 0.0714. The monoisotopic (exact) mass is 484 g/mol. The number of rotatable bonds is 7. The molecule has 0 aliphatic carbocycles. The predicted octanol–water partition coefficient (Wildman–Crippen LogP) is 5.73. The van der Waals surface area contributed by atoms with Crippen LogP contribution in [-0.2, 0) is 11.3 Å². The number of nitrogens with two attached hydrogens (primary N) is 1. The van der Waals surface area contributed by atoms with E-state index in [1.165, 1.54) is 0 Å². The minimum absolute atomic E-state index is 0.338. The average molecular weight is 485 g/mol. The highest BCUT2D eigenvalue weighted by atomic mass is 35.5. The summed E-state index contributed by atoms with van der Waals surface area (Å²) in [6, 6.07) is 26.5. The number of aromatic nitrogens is 1. The zero-order valence-electron chi connectivity index (χ0n) is 18.6. The van der Waals surface area contributed by atoms with Crippen molar-refractivity contribution in [3.05, 3.63) is 101 Å². The third-order valence-corrected chi connectivity index (χ3v) is 6.14. The Hall–Kier alpha value is -4.29. The molecule has 3 N–H and O–H groups in total. The van der Waals surface area contributed by atoms with Gasteiger partial charge in [0.2, 0.25) is 5.91 Å². The summed E-state index contributed by atoms with van der Waals surface area (Å²) >= 11 is 6.24. The molecule has 6 nitrogen and oxygen atoms in total. The molecule has 5 rings (SSSR count). The SMILES string of the molecule is NC(=O)c1cccc2c1c1c(OCC(=O)O)cc(-c3ccccc3)cc1n2Cc1cccc(Cl)c1. The number of carboxylic acids is 1. The summed E-state index contributed by atoms with van der Waals surface area (Å²) in [6.45, 7) is -0.0492. The molecule has 0 radical (unpaired) electrons. The molecular formula is C28H21ClN2O4. The van der Waals surface area contributed by atoms with Gasteiger partial charge >= 0.3 is 5.97 Å². The van der Waals surface area contributed by atoms with Crippen LogP contribution in [0.4, 0.5) is 0 Å². The summed E-state index contributed by atoms with van der Waals surface area (Å²) < 4.78 is 7.85. The number of primary amides is 1. The standard InChI is InChI=1S/C28H21ClN2O4/c29-20-9-4-6-17(12-20)15-31-22-11-5-10-21(28(30)34)26(22)27-23(31)13-19(18-7-2-1-3-8-18)14-24(27)35-16-25(32)33/h1-14H,15-16H2,(H2,30,34)(H,32,33). The second-order valence-corrected chi connectivity index (χ2v) is 8.63. The number of amides is 1. The Morgan fingerprint density at radius 1 is 0.857 bits per heavy atom. The summed E-state index contributed by atoms with van der Waals surface area (Å²) in [5.74, 6) is -1.30. The molecule has 4 aromatic carbocycles. The van der Waals surface area contributed by atoms with Crippen LogP contribution in [0.3, 0.4) is 0 Å². The highest BCUT2D eigenvalue weighted by Gasteiger charge is 2.21. The molecule has 0 spiro atoms. The Morgan fingerprint density at radius 2 is 1.63 bits per heavy atom. The molecule has 0 aliphatic rings. The Kier molecular flexibility index (Phi) is 5.89. The van der Waals surface area contributed by atoms with Crippen LogP contribution in [0.1, 0.15) is 15.9 Å². The van der Waals surface area contributed by atoms with Crippen molar-refractivity contribution in [2.45, 2.75) is 6.54 Å². The summed E-state index contributed by atoms with van der Waals surface area (Å²) in [5.41, 5.74) is 10.4. The number of carbonyl (C=O) groups is 2. The quantitative estimate of drug-likeness (QED) is 0.308. The van der Waals surface area contributed by atoms with Gasteiger partial charge in [-0.15, -0.1) is 0 Å². The van der Waals surface area contributed by atoms with E-state index in [0.29, 0.717) is 33.7 Å². The van der Waals surface area contributed by atoms with Gasteiger partial charge < -0.3 is 20.1 Å². The third kappa shape index (κ3) is 4.32. The van der Waals surface area contributed by atoms with Crippen molar-refractivity contribution < 1.29 is 19.4 Å². The minimum atomic E-state index is -1.10. The van der Waals surface area contributed by atoms with Crippen molar-refractivity contribution in [3.8, 4) is 16.9 Å². The molecule has 0 bridgehead atoms. The highest BCUT2D eigenvalue weighted by molar-refractivity contribution is 6.30. The van der Waals surface area contributed by atoms with E-state index in [1.807, 2.05) is 72.8 Å². The molecule has 0 saturated carbocycles. The Labute approximate surface area is 206 Å². The molecule has 1 amide bonds. The lowest BCUT2D eigenvalue weighted by molar-refractivity contribution is -0.139. The van der Waals surface area contributed by atoms with Gasteiger partial charge in [0, 0.05) is 22.5 Å². The second-order valence-electron chi connectivity index (χ2n) is 8.20. The zero-order chi connectivity index (χ0) is 24.5. The number of hydrogen-bond acceptors (Lipinski definition) is 3. The zero-order valence-corrected chi connectivity index (χ0v) is 19.3. The molecule has 35 heavy (non-hydrogen) atoms. The summed E-state index contributed by atoms with van der Waals surface area (Å²) in [6.07, 6.45) is 0. The second kappa shape index (κ2) is 9.16. The lowest BCUT2D eigenvalue weighted by Gasteiger charge is -2.12. The van der Waals surface area contributed by atoms with Crippen molar-refractivity contribution in [1.82, 2.24) is 4.57 Å². The molecule has 1 heterocycles. The molecule has 5 aromatic rings. The highest BCUT2D eigenvalue weighted by Crippen LogP contribution is 2.41. The van der Waals surface area contributed by atoms with Crippen molar-refractivity contribution in [3.63, 3.8) is 0 Å². The van der Waals surface area contributed by atoms with E-state index in [-0.39, 0.29) is 0 Å². The maximum atomic E-state index is 12.4. The molecule has 0 aliphatic heterocycles. The number of halogens is 1. The molecule has 0 atom stereocenters. The lowest BCUT2D eigenvalue weighted by atomic mass is 10.0. The molecule has 0 saturated heterocycles. The van der Waals surface area contributed by atoms with Crippen LogP contribution < -0.4 is 10.5 Å². The van der Waals surface area contributed by atoms with Gasteiger partial charge in [-0.3, -0.25) is 4.79 Å². The maximum absolute atomic E-state index is 12.4. The van der Waals surface area contributed by atoms with Crippen LogP contribution in [0.2, 0.25) is 5.02 Å². The summed E-state index contributed by atoms with van der Waals surface area (Å²) in [7, 11) is 0. The fourth-order valence-electron chi connectivity index (χ4n) is 4.47. The van der Waals surface area contributed by atoms with Crippen molar-refractivity contribution >= 4 is 45.3 Å². The molecule has 1 aromatic heterocycles. The number of nitrogens with zero attached hydrogens (tertiary/aromatic N) is 1. The topological polar surface area (TPSA) is 94.6 Å². The Balaban J connectivity index is 1.87. The van der Waals surface area contributed by atoms with Crippen LogP contribution >= 0.6 is 11.6 Å². The lowest BCUT2D eigenvalue weighted by Crippen LogP contribution is -2.11. The normalized spacial score (nSPS) is 11.1. The van der Waals surface area contributed by atoms with E-state index >= 15 is 0 Å². The van der Waals surface area contributed by atoms with E-state index in [1.54, 1.807) is 12.1 Å². The van der Waals surface area contributed by atoms with Gasteiger partial charge in [0.1, 0.15) is 5.75 Å². The minimum Gasteiger partial charge on any atom is -0.481 e. The van der Waals surface area contributed by atoms with E-state index in [4.69, 9.17) is 22.1 Å². The molecule has 0 fully saturated rings. The first kappa shape index (κ1) is 22.5. The predicted molar refractivity (Wildman–Crippen MR) is 137 cm³/mol. The maximum Gasteiger partial charge on any atom is 0.341 e. The van der Waals surface area contributed by atoms with Crippen LogP contribution in [0.5, 0.6) is 5.75 Å². The third-order valence-electron chi connectivity index (χ3n) is 5.91. The van der Waals surface area contributed by atoms with Gasteiger partial charge in [-0.25, -0.2) is 4.79 Å². The number of carbonyl (C=O) groups excluding carboxylic acids is 1. The average Bonchev–Trinajstić information content (AvgIpc) is 3.16. The van der Waals surface area contributed by atoms with Gasteiger partial charge in [-0.05, 0) is 53.1 Å². The van der Waals surface area contributed by atoms with Crippen LogP contribution in [0.15, 0.2) is 84.9 Å². The van der Waals surface area contributed by atoms with E-state index in [9.17, 15) is 14.7 Å². The smallest absolute Gasteiger partial charge is 0.341 e. The number of ether oxygens (including phenoxy) is 1.